The third-order valence-corrected chi connectivity index (χ3v) is 4.93. The van der Waals surface area contributed by atoms with Crippen molar-refractivity contribution >= 4 is 22.6 Å². The standard InChI is InChI=1S/C22H13ClFN5/c23-18-6-3-15(11-26-18)19-17-12-27-29-22(17)28-21(14-1-4-16(24)5-2-14)20(19)13-7-9-25-10-8-13/h1-12H,(H,27,28,29). The number of rotatable bonds is 3. The number of H-pyrrole nitrogens is 1. The van der Waals surface area contributed by atoms with Crippen LogP contribution in [0.1, 0.15) is 0 Å². The van der Waals surface area contributed by atoms with Crippen LogP contribution in [0.15, 0.2) is 73.3 Å². The zero-order valence-electron chi connectivity index (χ0n) is 15.0. The van der Waals surface area contributed by atoms with Crippen LogP contribution in [0.3, 0.4) is 0 Å². The second-order valence-corrected chi connectivity index (χ2v) is 6.84. The van der Waals surface area contributed by atoms with E-state index in [1.807, 2.05) is 18.2 Å². The molecule has 1 aromatic carbocycles. The topological polar surface area (TPSA) is 67.3 Å². The first-order valence-electron chi connectivity index (χ1n) is 8.86. The summed E-state index contributed by atoms with van der Waals surface area (Å²) < 4.78 is 13.5. The highest BCUT2D eigenvalue weighted by molar-refractivity contribution is 6.29. The van der Waals surface area contributed by atoms with Gasteiger partial charge in [-0.3, -0.25) is 10.1 Å². The van der Waals surface area contributed by atoms with Gasteiger partial charge in [-0.05, 0) is 54.1 Å². The van der Waals surface area contributed by atoms with E-state index in [2.05, 4.69) is 20.2 Å². The zero-order valence-corrected chi connectivity index (χ0v) is 15.7. The maximum absolute atomic E-state index is 13.5. The first-order valence-corrected chi connectivity index (χ1v) is 9.24. The Labute approximate surface area is 170 Å². The predicted molar refractivity (Wildman–Crippen MR) is 111 cm³/mol. The molecule has 1 N–H and O–H groups in total. The van der Waals surface area contributed by atoms with Gasteiger partial charge in [0.1, 0.15) is 11.0 Å². The van der Waals surface area contributed by atoms with Crippen LogP contribution in [-0.2, 0) is 0 Å². The van der Waals surface area contributed by atoms with Gasteiger partial charge in [0, 0.05) is 46.2 Å². The molecular weight excluding hydrogens is 389 g/mol. The van der Waals surface area contributed by atoms with Crippen molar-refractivity contribution in [2.75, 3.05) is 0 Å². The van der Waals surface area contributed by atoms with E-state index in [9.17, 15) is 4.39 Å². The maximum atomic E-state index is 13.5. The third-order valence-electron chi connectivity index (χ3n) is 4.70. The first-order chi connectivity index (χ1) is 14.2. The highest BCUT2D eigenvalue weighted by Crippen LogP contribution is 2.42. The minimum Gasteiger partial charge on any atom is -0.265 e. The Morgan fingerprint density at radius 2 is 1.55 bits per heavy atom. The van der Waals surface area contributed by atoms with Gasteiger partial charge in [0.2, 0.25) is 0 Å². The number of nitrogens with zero attached hydrogens (tertiary/aromatic N) is 4. The molecule has 0 unspecified atom stereocenters. The molecule has 0 aliphatic carbocycles. The van der Waals surface area contributed by atoms with E-state index in [0.29, 0.717) is 16.5 Å². The molecule has 7 heteroatoms. The molecule has 0 radical (unpaired) electrons. The average molecular weight is 402 g/mol. The SMILES string of the molecule is Fc1ccc(-c2nc3[nH]ncc3c(-c3ccc(Cl)nc3)c2-c2ccncc2)cc1. The summed E-state index contributed by atoms with van der Waals surface area (Å²) >= 11 is 6.01. The van der Waals surface area contributed by atoms with Crippen LogP contribution in [-0.4, -0.2) is 25.1 Å². The zero-order chi connectivity index (χ0) is 19.8. The number of pyridine rings is 3. The molecule has 0 amide bonds. The molecule has 0 spiro atoms. The van der Waals surface area contributed by atoms with Crippen LogP contribution < -0.4 is 0 Å². The van der Waals surface area contributed by atoms with Crippen molar-refractivity contribution in [3.05, 3.63) is 84.3 Å². The molecule has 0 aliphatic heterocycles. The highest BCUT2D eigenvalue weighted by atomic mass is 35.5. The molecule has 4 heterocycles. The lowest BCUT2D eigenvalue weighted by Gasteiger charge is -2.16. The van der Waals surface area contributed by atoms with E-state index in [-0.39, 0.29) is 5.82 Å². The molecule has 0 bridgehead atoms. The number of nitrogens with one attached hydrogen (secondary N) is 1. The maximum Gasteiger partial charge on any atom is 0.156 e. The Balaban J connectivity index is 1.92. The lowest BCUT2D eigenvalue weighted by Crippen LogP contribution is -1.96. The van der Waals surface area contributed by atoms with E-state index < -0.39 is 0 Å². The van der Waals surface area contributed by atoms with E-state index >= 15 is 0 Å². The van der Waals surface area contributed by atoms with E-state index in [0.717, 1.165) is 33.2 Å². The largest absolute Gasteiger partial charge is 0.265 e. The number of halogens is 2. The molecule has 5 aromatic rings. The van der Waals surface area contributed by atoms with Crippen LogP contribution in [0, 0.1) is 5.82 Å². The van der Waals surface area contributed by atoms with Crippen LogP contribution >= 0.6 is 11.6 Å². The molecule has 0 atom stereocenters. The molecule has 140 valence electrons. The van der Waals surface area contributed by atoms with Gasteiger partial charge in [-0.1, -0.05) is 11.6 Å². The second-order valence-electron chi connectivity index (χ2n) is 6.46. The average Bonchev–Trinajstić information content (AvgIpc) is 3.23. The number of fused-ring (bicyclic) bond motifs is 1. The summed E-state index contributed by atoms with van der Waals surface area (Å²) in [6.07, 6.45) is 6.93. The fourth-order valence-electron chi connectivity index (χ4n) is 3.41. The number of aromatic nitrogens is 5. The van der Waals surface area contributed by atoms with Crippen molar-refractivity contribution in [3.63, 3.8) is 0 Å². The Morgan fingerprint density at radius 1 is 0.793 bits per heavy atom. The number of hydrogen-bond acceptors (Lipinski definition) is 4. The molecule has 0 aliphatic rings. The van der Waals surface area contributed by atoms with Crippen molar-refractivity contribution < 1.29 is 4.39 Å². The quantitative estimate of drug-likeness (QED) is 0.403. The third kappa shape index (κ3) is 3.13. The molecule has 4 aromatic heterocycles. The predicted octanol–water partition coefficient (Wildman–Crippen LogP) is 5.54. The molecule has 5 nitrogen and oxygen atoms in total. The summed E-state index contributed by atoms with van der Waals surface area (Å²) in [6, 6.07) is 13.8. The summed E-state index contributed by atoms with van der Waals surface area (Å²) in [5, 5.41) is 8.40. The van der Waals surface area contributed by atoms with Gasteiger partial charge in [0.25, 0.3) is 0 Å². The summed E-state index contributed by atoms with van der Waals surface area (Å²) in [4.78, 5) is 13.2. The van der Waals surface area contributed by atoms with Crippen molar-refractivity contribution in [1.82, 2.24) is 25.1 Å². The summed E-state index contributed by atoms with van der Waals surface area (Å²) in [5.41, 5.74) is 5.73. The van der Waals surface area contributed by atoms with Crippen LogP contribution in [0.2, 0.25) is 5.15 Å². The first kappa shape index (κ1) is 17.5. The fraction of sp³-hybridized carbons (Fsp3) is 0. The smallest absolute Gasteiger partial charge is 0.156 e. The summed E-state index contributed by atoms with van der Waals surface area (Å²) in [5.74, 6) is -0.302. The highest BCUT2D eigenvalue weighted by Gasteiger charge is 2.20. The van der Waals surface area contributed by atoms with Gasteiger partial charge >= 0.3 is 0 Å². The van der Waals surface area contributed by atoms with E-state index in [1.54, 1.807) is 43.0 Å². The summed E-state index contributed by atoms with van der Waals surface area (Å²) in [7, 11) is 0. The number of benzene rings is 1. The lowest BCUT2D eigenvalue weighted by atomic mass is 9.90. The molecule has 29 heavy (non-hydrogen) atoms. The van der Waals surface area contributed by atoms with Gasteiger partial charge in [0.15, 0.2) is 5.65 Å². The Morgan fingerprint density at radius 3 is 2.28 bits per heavy atom. The van der Waals surface area contributed by atoms with Crippen LogP contribution in [0.25, 0.3) is 44.5 Å². The van der Waals surface area contributed by atoms with Gasteiger partial charge < -0.3 is 0 Å². The van der Waals surface area contributed by atoms with Gasteiger partial charge in [-0.2, -0.15) is 5.10 Å². The fourth-order valence-corrected chi connectivity index (χ4v) is 3.52. The van der Waals surface area contributed by atoms with Gasteiger partial charge in [-0.25, -0.2) is 14.4 Å². The normalized spacial score (nSPS) is 11.1. The Kier molecular flexibility index (Phi) is 4.26. The minimum absolute atomic E-state index is 0.302. The van der Waals surface area contributed by atoms with Crippen molar-refractivity contribution in [2.45, 2.75) is 0 Å². The summed E-state index contributed by atoms with van der Waals surface area (Å²) in [6.45, 7) is 0. The van der Waals surface area contributed by atoms with Crippen molar-refractivity contribution in [1.29, 1.82) is 0 Å². The minimum atomic E-state index is -0.302. The van der Waals surface area contributed by atoms with E-state index in [1.165, 1.54) is 12.1 Å². The van der Waals surface area contributed by atoms with Crippen molar-refractivity contribution in [3.8, 4) is 33.5 Å². The molecule has 5 rings (SSSR count). The van der Waals surface area contributed by atoms with E-state index in [4.69, 9.17) is 16.6 Å². The van der Waals surface area contributed by atoms with Crippen molar-refractivity contribution in [2.24, 2.45) is 0 Å². The monoisotopic (exact) mass is 401 g/mol. The number of aromatic amines is 1. The molecular formula is C22H13ClFN5. The lowest BCUT2D eigenvalue weighted by molar-refractivity contribution is 0.628. The molecule has 0 saturated heterocycles. The Bertz CT molecular complexity index is 1300. The Hall–Kier alpha value is -3.64. The van der Waals surface area contributed by atoms with Gasteiger partial charge in [0.05, 0.1) is 11.9 Å². The van der Waals surface area contributed by atoms with Crippen LogP contribution in [0.4, 0.5) is 4.39 Å². The second kappa shape index (κ2) is 7.07. The molecule has 0 saturated carbocycles. The molecule has 0 fully saturated rings. The van der Waals surface area contributed by atoms with Gasteiger partial charge in [-0.15, -0.1) is 0 Å². The van der Waals surface area contributed by atoms with Crippen LogP contribution in [0.5, 0.6) is 0 Å². The number of hydrogen-bond donors (Lipinski definition) is 1.